The Balaban J connectivity index is 1.69. The van der Waals surface area contributed by atoms with Crippen LogP contribution in [0.15, 0.2) is 35.9 Å². The quantitative estimate of drug-likeness (QED) is 0.799. The Bertz CT molecular complexity index is 448. The standard InChI is InChI=1S/C16H21NO2/c18-15-8-6-14(7-9-15)12-16(19)17-11-10-13-4-2-1-3-5-13/h4,6-9,18H,1-3,5,10-12H2,(H,17,19). The van der Waals surface area contributed by atoms with Crippen molar-refractivity contribution in [2.24, 2.45) is 0 Å². The van der Waals surface area contributed by atoms with Crippen molar-refractivity contribution in [2.45, 2.75) is 38.5 Å². The summed E-state index contributed by atoms with van der Waals surface area (Å²) in [6.07, 6.45) is 8.63. The second-order valence-corrected chi connectivity index (χ2v) is 5.05. The number of amides is 1. The summed E-state index contributed by atoms with van der Waals surface area (Å²) in [5, 5.41) is 12.1. The first kappa shape index (κ1) is 13.7. The fraction of sp³-hybridized carbons (Fsp3) is 0.438. The molecule has 1 aliphatic rings. The summed E-state index contributed by atoms with van der Waals surface area (Å²) < 4.78 is 0. The molecule has 0 saturated carbocycles. The number of rotatable bonds is 5. The molecule has 3 heteroatoms. The van der Waals surface area contributed by atoms with Gasteiger partial charge >= 0.3 is 0 Å². The molecule has 0 aliphatic heterocycles. The minimum absolute atomic E-state index is 0.0436. The van der Waals surface area contributed by atoms with E-state index in [1.807, 2.05) is 0 Å². The summed E-state index contributed by atoms with van der Waals surface area (Å²) in [5.41, 5.74) is 2.41. The Morgan fingerprint density at radius 3 is 2.68 bits per heavy atom. The van der Waals surface area contributed by atoms with E-state index in [0.717, 1.165) is 18.5 Å². The number of phenols is 1. The van der Waals surface area contributed by atoms with Gasteiger partial charge in [0.05, 0.1) is 6.42 Å². The maximum absolute atomic E-state index is 11.7. The molecule has 0 heterocycles. The molecule has 102 valence electrons. The van der Waals surface area contributed by atoms with Crippen molar-refractivity contribution in [3.05, 3.63) is 41.5 Å². The van der Waals surface area contributed by atoms with Gasteiger partial charge in [-0.15, -0.1) is 0 Å². The number of nitrogens with one attached hydrogen (secondary N) is 1. The van der Waals surface area contributed by atoms with Crippen molar-refractivity contribution in [1.29, 1.82) is 0 Å². The lowest BCUT2D eigenvalue weighted by Gasteiger charge is -2.13. The maximum atomic E-state index is 11.7. The molecule has 0 aromatic heterocycles. The molecule has 1 aromatic rings. The molecular weight excluding hydrogens is 238 g/mol. The van der Waals surface area contributed by atoms with Crippen LogP contribution in [-0.4, -0.2) is 17.6 Å². The predicted octanol–water partition coefficient (Wildman–Crippen LogP) is 2.94. The van der Waals surface area contributed by atoms with E-state index in [9.17, 15) is 4.79 Å². The number of hydrogen-bond donors (Lipinski definition) is 2. The fourth-order valence-electron chi connectivity index (χ4n) is 2.36. The van der Waals surface area contributed by atoms with Gasteiger partial charge in [-0.25, -0.2) is 0 Å². The Morgan fingerprint density at radius 2 is 2.00 bits per heavy atom. The topological polar surface area (TPSA) is 49.3 Å². The van der Waals surface area contributed by atoms with Crippen LogP contribution in [0.1, 0.15) is 37.7 Å². The molecule has 1 amide bonds. The highest BCUT2D eigenvalue weighted by Gasteiger charge is 2.06. The molecule has 2 rings (SSSR count). The van der Waals surface area contributed by atoms with Crippen molar-refractivity contribution in [2.75, 3.05) is 6.54 Å². The number of carbonyl (C=O) groups excluding carboxylic acids is 1. The molecule has 2 N–H and O–H groups in total. The molecule has 0 radical (unpaired) electrons. The number of allylic oxidation sites excluding steroid dienone is 1. The Labute approximate surface area is 114 Å². The van der Waals surface area contributed by atoms with Crippen LogP contribution in [0.4, 0.5) is 0 Å². The molecular formula is C16H21NO2. The van der Waals surface area contributed by atoms with Crippen LogP contribution in [0, 0.1) is 0 Å². The molecule has 3 nitrogen and oxygen atoms in total. The molecule has 0 unspecified atom stereocenters. The first-order valence-electron chi connectivity index (χ1n) is 6.96. The van der Waals surface area contributed by atoms with Gasteiger partial charge in [-0.05, 0) is 49.8 Å². The van der Waals surface area contributed by atoms with Crippen LogP contribution in [-0.2, 0) is 11.2 Å². The maximum Gasteiger partial charge on any atom is 0.224 e. The van der Waals surface area contributed by atoms with E-state index in [4.69, 9.17) is 5.11 Å². The van der Waals surface area contributed by atoms with Gasteiger partial charge < -0.3 is 10.4 Å². The van der Waals surface area contributed by atoms with Gasteiger partial charge in [-0.2, -0.15) is 0 Å². The monoisotopic (exact) mass is 259 g/mol. The average Bonchev–Trinajstić information content (AvgIpc) is 2.43. The zero-order valence-electron chi connectivity index (χ0n) is 11.2. The van der Waals surface area contributed by atoms with Crippen molar-refractivity contribution >= 4 is 5.91 Å². The average molecular weight is 259 g/mol. The van der Waals surface area contributed by atoms with E-state index in [1.165, 1.54) is 31.3 Å². The van der Waals surface area contributed by atoms with Crippen molar-refractivity contribution < 1.29 is 9.90 Å². The minimum atomic E-state index is 0.0436. The second kappa shape index (κ2) is 6.98. The van der Waals surface area contributed by atoms with Crippen LogP contribution < -0.4 is 5.32 Å². The molecule has 0 fully saturated rings. The van der Waals surface area contributed by atoms with E-state index >= 15 is 0 Å². The minimum Gasteiger partial charge on any atom is -0.508 e. The lowest BCUT2D eigenvalue weighted by molar-refractivity contribution is -0.120. The molecule has 1 aliphatic carbocycles. The van der Waals surface area contributed by atoms with Gasteiger partial charge in [-0.3, -0.25) is 4.79 Å². The highest BCUT2D eigenvalue weighted by molar-refractivity contribution is 5.78. The summed E-state index contributed by atoms with van der Waals surface area (Å²) in [6, 6.07) is 6.77. The van der Waals surface area contributed by atoms with Crippen molar-refractivity contribution in [3.8, 4) is 5.75 Å². The van der Waals surface area contributed by atoms with E-state index in [1.54, 1.807) is 24.3 Å². The lowest BCUT2D eigenvalue weighted by Crippen LogP contribution is -2.26. The summed E-state index contributed by atoms with van der Waals surface area (Å²) in [5.74, 6) is 0.274. The van der Waals surface area contributed by atoms with Crippen LogP contribution in [0.25, 0.3) is 0 Å². The van der Waals surface area contributed by atoms with Gasteiger partial charge in [0.1, 0.15) is 5.75 Å². The van der Waals surface area contributed by atoms with Crippen molar-refractivity contribution in [1.82, 2.24) is 5.32 Å². The molecule has 1 aromatic carbocycles. The van der Waals surface area contributed by atoms with E-state index in [2.05, 4.69) is 11.4 Å². The second-order valence-electron chi connectivity index (χ2n) is 5.05. The predicted molar refractivity (Wildman–Crippen MR) is 76.0 cm³/mol. The lowest BCUT2D eigenvalue weighted by atomic mass is 9.97. The zero-order chi connectivity index (χ0) is 13.5. The van der Waals surface area contributed by atoms with E-state index in [0.29, 0.717) is 6.42 Å². The van der Waals surface area contributed by atoms with Gasteiger partial charge in [0.25, 0.3) is 0 Å². The van der Waals surface area contributed by atoms with Crippen LogP contribution in [0.5, 0.6) is 5.75 Å². The fourth-order valence-corrected chi connectivity index (χ4v) is 2.36. The summed E-state index contributed by atoms with van der Waals surface area (Å²) in [6.45, 7) is 0.725. The smallest absolute Gasteiger partial charge is 0.224 e. The number of carbonyl (C=O) groups is 1. The Kier molecular flexibility index (Phi) is 5.01. The number of hydrogen-bond acceptors (Lipinski definition) is 2. The summed E-state index contributed by atoms with van der Waals surface area (Å²) >= 11 is 0. The SMILES string of the molecule is O=C(Cc1ccc(O)cc1)NCCC1=CCCCC1. The molecule has 0 atom stereocenters. The van der Waals surface area contributed by atoms with Crippen LogP contribution in [0.3, 0.4) is 0 Å². The third-order valence-electron chi connectivity index (χ3n) is 3.45. The number of benzene rings is 1. The zero-order valence-corrected chi connectivity index (χ0v) is 11.2. The van der Waals surface area contributed by atoms with Crippen LogP contribution >= 0.6 is 0 Å². The van der Waals surface area contributed by atoms with Gasteiger partial charge in [0.15, 0.2) is 0 Å². The van der Waals surface area contributed by atoms with Crippen molar-refractivity contribution in [3.63, 3.8) is 0 Å². The van der Waals surface area contributed by atoms with Gasteiger partial charge in [0, 0.05) is 6.54 Å². The Hall–Kier alpha value is -1.77. The third-order valence-corrected chi connectivity index (χ3v) is 3.45. The van der Waals surface area contributed by atoms with E-state index in [-0.39, 0.29) is 11.7 Å². The number of phenolic OH excluding ortho intramolecular Hbond substituents is 1. The summed E-state index contributed by atoms with van der Waals surface area (Å²) in [7, 11) is 0. The highest BCUT2D eigenvalue weighted by atomic mass is 16.3. The first-order valence-corrected chi connectivity index (χ1v) is 6.96. The highest BCUT2D eigenvalue weighted by Crippen LogP contribution is 2.19. The van der Waals surface area contributed by atoms with Gasteiger partial charge in [-0.1, -0.05) is 23.8 Å². The molecule has 19 heavy (non-hydrogen) atoms. The number of aromatic hydroxyl groups is 1. The first-order chi connectivity index (χ1) is 9.24. The van der Waals surface area contributed by atoms with E-state index < -0.39 is 0 Å². The largest absolute Gasteiger partial charge is 0.508 e. The molecule has 0 spiro atoms. The van der Waals surface area contributed by atoms with Crippen LogP contribution in [0.2, 0.25) is 0 Å². The third kappa shape index (κ3) is 4.78. The summed E-state index contributed by atoms with van der Waals surface area (Å²) in [4.78, 5) is 11.7. The van der Waals surface area contributed by atoms with Gasteiger partial charge in [0.2, 0.25) is 5.91 Å². The molecule has 0 saturated heterocycles. The molecule has 0 bridgehead atoms. The Morgan fingerprint density at radius 1 is 1.21 bits per heavy atom. The normalized spacial score (nSPS) is 14.8.